The largest absolute Gasteiger partial charge is 0.492 e. The summed E-state index contributed by atoms with van der Waals surface area (Å²) in [7, 11) is 0. The molecule has 128 valence electrons. The van der Waals surface area contributed by atoms with Crippen LogP contribution in [0.3, 0.4) is 0 Å². The van der Waals surface area contributed by atoms with Crippen LogP contribution in [0.1, 0.15) is 11.1 Å². The summed E-state index contributed by atoms with van der Waals surface area (Å²) in [6.45, 7) is 1.10. The Balaban J connectivity index is 1.52. The minimum absolute atomic E-state index is 0.469. The maximum atomic E-state index is 6.05. The van der Waals surface area contributed by atoms with Crippen LogP contribution in [0.15, 0.2) is 60.8 Å². The molecule has 0 saturated heterocycles. The lowest BCUT2D eigenvalue weighted by atomic mass is 10.1. The standard InChI is InChI=1S/C19H19ClN4O/c20-16-8-6-14(7-9-16)12-15-13-23-19(24-18(15)21)22-10-11-25-17-4-2-1-3-5-17/h1-9,13H,10-12H2,(H3,21,22,23,24). The van der Waals surface area contributed by atoms with Crippen LogP contribution in [-0.2, 0) is 6.42 Å². The van der Waals surface area contributed by atoms with E-state index in [0.717, 1.165) is 16.9 Å². The second kappa shape index (κ2) is 8.35. The zero-order valence-electron chi connectivity index (χ0n) is 13.7. The summed E-state index contributed by atoms with van der Waals surface area (Å²) in [6, 6.07) is 17.3. The van der Waals surface area contributed by atoms with Crippen molar-refractivity contribution in [1.82, 2.24) is 9.97 Å². The first-order valence-electron chi connectivity index (χ1n) is 7.98. The van der Waals surface area contributed by atoms with E-state index in [2.05, 4.69) is 15.3 Å². The van der Waals surface area contributed by atoms with E-state index in [9.17, 15) is 0 Å². The fraction of sp³-hybridized carbons (Fsp3) is 0.158. The first kappa shape index (κ1) is 17.0. The summed E-state index contributed by atoms with van der Waals surface area (Å²) in [5, 5.41) is 3.82. The van der Waals surface area contributed by atoms with Gasteiger partial charge < -0.3 is 15.8 Å². The number of aromatic nitrogens is 2. The summed E-state index contributed by atoms with van der Waals surface area (Å²) >= 11 is 5.90. The van der Waals surface area contributed by atoms with Gasteiger partial charge in [-0.25, -0.2) is 4.98 Å². The number of halogens is 1. The monoisotopic (exact) mass is 354 g/mol. The third-order valence-corrected chi connectivity index (χ3v) is 3.85. The van der Waals surface area contributed by atoms with Crippen molar-refractivity contribution in [2.75, 3.05) is 24.2 Å². The molecule has 1 aromatic heterocycles. The van der Waals surface area contributed by atoms with Gasteiger partial charge in [-0.2, -0.15) is 4.98 Å². The number of rotatable bonds is 7. The zero-order valence-corrected chi connectivity index (χ0v) is 14.4. The predicted octanol–water partition coefficient (Wildman–Crippen LogP) is 3.79. The van der Waals surface area contributed by atoms with Crippen molar-refractivity contribution in [3.63, 3.8) is 0 Å². The summed E-state index contributed by atoms with van der Waals surface area (Å²) in [4.78, 5) is 8.62. The normalized spacial score (nSPS) is 10.4. The molecule has 2 aromatic carbocycles. The van der Waals surface area contributed by atoms with Crippen LogP contribution in [-0.4, -0.2) is 23.1 Å². The molecular weight excluding hydrogens is 336 g/mol. The Morgan fingerprint density at radius 3 is 2.52 bits per heavy atom. The number of nitrogen functional groups attached to an aromatic ring is 1. The van der Waals surface area contributed by atoms with Crippen molar-refractivity contribution in [2.24, 2.45) is 0 Å². The number of nitrogens with one attached hydrogen (secondary N) is 1. The minimum Gasteiger partial charge on any atom is -0.492 e. The molecule has 0 fully saturated rings. The number of anilines is 2. The van der Waals surface area contributed by atoms with Gasteiger partial charge in [0.2, 0.25) is 5.95 Å². The summed E-state index contributed by atoms with van der Waals surface area (Å²) < 4.78 is 5.61. The quantitative estimate of drug-likeness (QED) is 0.631. The van der Waals surface area contributed by atoms with Crippen molar-refractivity contribution >= 4 is 23.4 Å². The second-order valence-corrected chi connectivity index (χ2v) is 5.93. The molecule has 0 atom stereocenters. The third kappa shape index (κ3) is 5.09. The Hall–Kier alpha value is -2.79. The lowest BCUT2D eigenvalue weighted by Crippen LogP contribution is -2.14. The molecule has 0 bridgehead atoms. The van der Waals surface area contributed by atoms with Crippen LogP contribution in [0.25, 0.3) is 0 Å². The fourth-order valence-corrected chi connectivity index (χ4v) is 2.44. The molecular formula is C19H19ClN4O. The van der Waals surface area contributed by atoms with Gasteiger partial charge in [-0.05, 0) is 29.8 Å². The van der Waals surface area contributed by atoms with Crippen molar-refractivity contribution in [2.45, 2.75) is 6.42 Å². The summed E-state index contributed by atoms with van der Waals surface area (Å²) in [6.07, 6.45) is 2.41. The highest BCUT2D eigenvalue weighted by atomic mass is 35.5. The molecule has 3 rings (SSSR count). The maximum Gasteiger partial charge on any atom is 0.224 e. The molecule has 3 N–H and O–H groups in total. The molecule has 0 radical (unpaired) electrons. The van der Waals surface area contributed by atoms with Gasteiger partial charge in [0.1, 0.15) is 18.2 Å². The molecule has 0 aliphatic heterocycles. The first-order valence-corrected chi connectivity index (χ1v) is 8.36. The summed E-state index contributed by atoms with van der Waals surface area (Å²) in [5.41, 5.74) is 8.04. The van der Waals surface area contributed by atoms with Crippen LogP contribution >= 0.6 is 11.6 Å². The topological polar surface area (TPSA) is 73.1 Å². The predicted molar refractivity (Wildman–Crippen MR) is 101 cm³/mol. The van der Waals surface area contributed by atoms with Gasteiger partial charge in [0.15, 0.2) is 0 Å². The Morgan fingerprint density at radius 2 is 1.80 bits per heavy atom. The van der Waals surface area contributed by atoms with E-state index in [1.807, 2.05) is 54.6 Å². The number of hydrogen-bond donors (Lipinski definition) is 2. The molecule has 0 amide bonds. The summed E-state index contributed by atoms with van der Waals surface area (Å²) in [5.74, 6) is 1.80. The minimum atomic E-state index is 0.469. The van der Waals surface area contributed by atoms with Crippen LogP contribution in [0.2, 0.25) is 5.02 Å². The van der Waals surface area contributed by atoms with Gasteiger partial charge in [0, 0.05) is 23.2 Å². The lowest BCUT2D eigenvalue weighted by molar-refractivity contribution is 0.332. The Kier molecular flexibility index (Phi) is 5.69. The fourth-order valence-electron chi connectivity index (χ4n) is 2.31. The highest BCUT2D eigenvalue weighted by Crippen LogP contribution is 2.17. The molecule has 25 heavy (non-hydrogen) atoms. The van der Waals surface area contributed by atoms with E-state index in [1.165, 1.54) is 0 Å². The smallest absolute Gasteiger partial charge is 0.224 e. The molecule has 6 heteroatoms. The van der Waals surface area contributed by atoms with E-state index in [0.29, 0.717) is 36.4 Å². The van der Waals surface area contributed by atoms with Crippen molar-refractivity contribution < 1.29 is 4.74 Å². The molecule has 0 unspecified atom stereocenters. The molecule has 0 saturated carbocycles. The molecule has 5 nitrogen and oxygen atoms in total. The number of para-hydroxylation sites is 1. The Morgan fingerprint density at radius 1 is 1.04 bits per heavy atom. The maximum absolute atomic E-state index is 6.05. The number of hydrogen-bond acceptors (Lipinski definition) is 5. The van der Waals surface area contributed by atoms with E-state index < -0.39 is 0 Å². The van der Waals surface area contributed by atoms with E-state index in [-0.39, 0.29) is 0 Å². The number of ether oxygens (including phenoxy) is 1. The average molecular weight is 355 g/mol. The van der Waals surface area contributed by atoms with Gasteiger partial charge >= 0.3 is 0 Å². The van der Waals surface area contributed by atoms with Crippen LogP contribution in [0, 0.1) is 0 Å². The SMILES string of the molecule is Nc1nc(NCCOc2ccccc2)ncc1Cc1ccc(Cl)cc1. The van der Waals surface area contributed by atoms with Gasteiger partial charge in [-0.15, -0.1) is 0 Å². The molecule has 1 heterocycles. The van der Waals surface area contributed by atoms with Gasteiger partial charge in [-0.3, -0.25) is 0 Å². The first-order chi connectivity index (χ1) is 12.2. The third-order valence-electron chi connectivity index (χ3n) is 3.60. The highest BCUT2D eigenvalue weighted by Gasteiger charge is 2.05. The van der Waals surface area contributed by atoms with Gasteiger partial charge in [-0.1, -0.05) is 41.9 Å². The Labute approximate surface area is 151 Å². The second-order valence-electron chi connectivity index (χ2n) is 5.50. The van der Waals surface area contributed by atoms with Crippen molar-refractivity contribution in [3.8, 4) is 5.75 Å². The van der Waals surface area contributed by atoms with Crippen LogP contribution in [0.4, 0.5) is 11.8 Å². The van der Waals surface area contributed by atoms with E-state index in [1.54, 1.807) is 6.20 Å². The van der Waals surface area contributed by atoms with E-state index in [4.69, 9.17) is 22.1 Å². The molecule has 0 aliphatic carbocycles. The van der Waals surface area contributed by atoms with Crippen LogP contribution in [0.5, 0.6) is 5.75 Å². The van der Waals surface area contributed by atoms with Crippen molar-refractivity contribution in [3.05, 3.63) is 76.9 Å². The zero-order chi connectivity index (χ0) is 17.5. The number of nitrogens with two attached hydrogens (primary N) is 1. The average Bonchev–Trinajstić information content (AvgIpc) is 2.63. The van der Waals surface area contributed by atoms with Crippen LogP contribution < -0.4 is 15.8 Å². The lowest BCUT2D eigenvalue weighted by Gasteiger charge is -2.09. The van der Waals surface area contributed by atoms with Crippen molar-refractivity contribution in [1.29, 1.82) is 0 Å². The molecule has 0 spiro atoms. The molecule has 3 aromatic rings. The highest BCUT2D eigenvalue weighted by molar-refractivity contribution is 6.30. The van der Waals surface area contributed by atoms with Gasteiger partial charge in [0.05, 0.1) is 6.54 Å². The number of benzene rings is 2. The molecule has 0 aliphatic rings. The van der Waals surface area contributed by atoms with Gasteiger partial charge in [0.25, 0.3) is 0 Å². The number of nitrogens with zero attached hydrogens (tertiary/aromatic N) is 2. The van der Waals surface area contributed by atoms with E-state index >= 15 is 0 Å². The Bertz CT molecular complexity index is 809.